The highest BCUT2D eigenvalue weighted by Gasteiger charge is 2.19. The molecule has 1 aliphatic heterocycles. The lowest BCUT2D eigenvalue weighted by atomic mass is 10.1. The summed E-state index contributed by atoms with van der Waals surface area (Å²) in [6, 6.07) is 25.3. The summed E-state index contributed by atoms with van der Waals surface area (Å²) in [6.07, 6.45) is 4.93. The smallest absolute Gasteiger partial charge is 0.238 e. The van der Waals surface area contributed by atoms with Gasteiger partial charge in [0.05, 0.1) is 19.3 Å². The van der Waals surface area contributed by atoms with Gasteiger partial charge in [-0.2, -0.15) is 0 Å². The van der Waals surface area contributed by atoms with Gasteiger partial charge in [-0.1, -0.05) is 51.5 Å². The van der Waals surface area contributed by atoms with Crippen molar-refractivity contribution in [1.82, 2.24) is 19.9 Å². The minimum Gasteiger partial charge on any atom is -0.369 e. The summed E-state index contributed by atoms with van der Waals surface area (Å²) in [6.45, 7) is 4.39. The largest absolute Gasteiger partial charge is 0.369 e. The van der Waals surface area contributed by atoms with Crippen LogP contribution in [0.25, 0.3) is 6.08 Å². The summed E-state index contributed by atoms with van der Waals surface area (Å²) in [7, 11) is 0. The molecule has 1 fully saturated rings. The topological polar surface area (TPSA) is 83.4 Å². The number of carbonyl (C=O) groups is 2. The predicted molar refractivity (Wildman–Crippen MR) is 157 cm³/mol. The summed E-state index contributed by atoms with van der Waals surface area (Å²) in [4.78, 5) is 29.7. The average molecular weight is 586 g/mol. The van der Waals surface area contributed by atoms with E-state index in [0.29, 0.717) is 30.0 Å². The van der Waals surface area contributed by atoms with Gasteiger partial charge in [-0.15, -0.1) is 5.10 Å². The Labute approximate surface area is 236 Å². The Balaban J connectivity index is 1.08. The summed E-state index contributed by atoms with van der Waals surface area (Å²) < 4.78 is 2.75. The fourth-order valence-electron chi connectivity index (χ4n) is 4.43. The van der Waals surface area contributed by atoms with E-state index >= 15 is 0 Å². The number of para-hydroxylation sites is 1. The Hall–Kier alpha value is -4.08. The van der Waals surface area contributed by atoms with Crippen molar-refractivity contribution in [2.45, 2.75) is 6.54 Å². The van der Waals surface area contributed by atoms with E-state index in [0.717, 1.165) is 36.2 Å². The fourth-order valence-corrected chi connectivity index (χ4v) is 4.69. The Morgan fingerprint density at radius 3 is 2.33 bits per heavy atom. The van der Waals surface area contributed by atoms with Gasteiger partial charge in [-0.25, -0.2) is 4.68 Å². The average Bonchev–Trinajstić information content (AvgIpc) is 3.41. The second kappa shape index (κ2) is 12.6. The lowest BCUT2D eigenvalue weighted by molar-refractivity contribution is -0.117. The Morgan fingerprint density at radius 2 is 1.62 bits per heavy atom. The molecule has 0 bridgehead atoms. The number of hydrogen-bond donors (Lipinski definition) is 1. The zero-order valence-corrected chi connectivity index (χ0v) is 23.0. The van der Waals surface area contributed by atoms with Gasteiger partial charge in [-0.05, 0) is 66.2 Å². The first-order valence-electron chi connectivity index (χ1n) is 12.8. The van der Waals surface area contributed by atoms with E-state index in [4.69, 9.17) is 0 Å². The van der Waals surface area contributed by atoms with E-state index in [1.54, 1.807) is 41.2 Å². The van der Waals surface area contributed by atoms with Crippen LogP contribution < -0.4 is 10.2 Å². The van der Waals surface area contributed by atoms with E-state index in [1.807, 2.05) is 42.5 Å². The molecule has 9 heteroatoms. The summed E-state index contributed by atoms with van der Waals surface area (Å²) in [5.74, 6) is -0.208. The first kappa shape index (κ1) is 26.5. The Bertz CT molecular complexity index is 1430. The maximum absolute atomic E-state index is 12.6. The first-order valence-corrected chi connectivity index (χ1v) is 13.6. The zero-order chi connectivity index (χ0) is 27.0. The van der Waals surface area contributed by atoms with Crippen molar-refractivity contribution in [3.05, 3.63) is 112 Å². The highest BCUT2D eigenvalue weighted by Crippen LogP contribution is 2.16. The van der Waals surface area contributed by atoms with Gasteiger partial charge in [0.2, 0.25) is 5.91 Å². The van der Waals surface area contributed by atoms with Gasteiger partial charge in [0.15, 0.2) is 5.78 Å². The molecule has 0 radical (unpaired) electrons. The van der Waals surface area contributed by atoms with Crippen LogP contribution >= 0.6 is 15.9 Å². The molecule has 1 saturated heterocycles. The monoisotopic (exact) mass is 584 g/mol. The summed E-state index contributed by atoms with van der Waals surface area (Å²) >= 11 is 3.43. The van der Waals surface area contributed by atoms with Gasteiger partial charge in [0.1, 0.15) is 5.69 Å². The number of halogens is 1. The van der Waals surface area contributed by atoms with Crippen LogP contribution in [0.5, 0.6) is 0 Å². The van der Waals surface area contributed by atoms with Crippen molar-refractivity contribution in [1.29, 1.82) is 0 Å². The number of allylic oxidation sites excluding steroid dienone is 1. The second-order valence-corrected chi connectivity index (χ2v) is 10.3. The second-order valence-electron chi connectivity index (χ2n) is 9.39. The molecule has 5 rings (SSSR count). The Morgan fingerprint density at radius 1 is 0.897 bits per heavy atom. The molecule has 1 aliphatic rings. The van der Waals surface area contributed by atoms with Crippen LogP contribution in [0.1, 0.15) is 21.6 Å². The van der Waals surface area contributed by atoms with Crippen molar-refractivity contribution in [3.8, 4) is 0 Å². The molecular formula is C30H29BrN6O2. The standard InChI is InChI=1S/C30H29BrN6O2/c31-25-10-6-23(7-11-25)20-37-21-27(33-34-37)14-15-29(38)24-8-12-26(13-9-24)32-30(39)22-35-16-18-36(19-17-35)28-4-2-1-3-5-28/h1-15,21H,16-20,22H2,(H,32,39)/b15-14+. The maximum Gasteiger partial charge on any atom is 0.238 e. The summed E-state index contributed by atoms with van der Waals surface area (Å²) in [5.41, 5.74) is 4.12. The lowest BCUT2D eigenvalue weighted by Gasteiger charge is -2.35. The van der Waals surface area contributed by atoms with Gasteiger partial charge in [0, 0.05) is 47.6 Å². The van der Waals surface area contributed by atoms with Gasteiger partial charge in [-0.3, -0.25) is 14.5 Å². The molecule has 0 aliphatic carbocycles. The quantitative estimate of drug-likeness (QED) is 0.226. The van der Waals surface area contributed by atoms with Crippen LogP contribution in [0.15, 0.2) is 95.6 Å². The number of benzene rings is 3. The highest BCUT2D eigenvalue weighted by molar-refractivity contribution is 9.10. The molecule has 1 aromatic heterocycles. The van der Waals surface area contributed by atoms with Crippen molar-refractivity contribution >= 4 is 45.1 Å². The third-order valence-corrected chi connectivity index (χ3v) is 7.06. The molecule has 2 heterocycles. The summed E-state index contributed by atoms with van der Waals surface area (Å²) in [5, 5.41) is 11.2. The molecule has 0 atom stereocenters. The molecule has 4 aromatic rings. The zero-order valence-electron chi connectivity index (χ0n) is 21.4. The minimum atomic E-state index is -0.147. The van der Waals surface area contributed by atoms with Gasteiger partial charge < -0.3 is 10.2 Å². The number of amides is 1. The number of rotatable bonds is 9. The number of nitrogens with one attached hydrogen (secondary N) is 1. The molecule has 0 spiro atoms. The SMILES string of the molecule is O=C(CN1CCN(c2ccccc2)CC1)Nc1ccc(C(=O)/C=C/c2cn(Cc3ccc(Br)cc3)nn2)cc1. The van der Waals surface area contributed by atoms with Crippen molar-refractivity contribution in [2.24, 2.45) is 0 Å². The van der Waals surface area contributed by atoms with Gasteiger partial charge >= 0.3 is 0 Å². The van der Waals surface area contributed by atoms with Crippen molar-refractivity contribution < 1.29 is 9.59 Å². The van der Waals surface area contributed by atoms with Crippen molar-refractivity contribution in [2.75, 3.05) is 42.9 Å². The third-order valence-electron chi connectivity index (χ3n) is 6.53. The molecule has 1 amide bonds. The highest BCUT2D eigenvalue weighted by atomic mass is 79.9. The fraction of sp³-hybridized carbons (Fsp3) is 0.200. The normalized spacial score (nSPS) is 14.0. The lowest BCUT2D eigenvalue weighted by Crippen LogP contribution is -2.48. The number of hydrogen-bond acceptors (Lipinski definition) is 6. The number of nitrogens with zero attached hydrogens (tertiary/aromatic N) is 5. The predicted octanol–water partition coefficient (Wildman–Crippen LogP) is 4.75. The number of anilines is 2. The minimum absolute atomic E-state index is 0.0617. The molecule has 8 nitrogen and oxygen atoms in total. The maximum atomic E-state index is 12.6. The Kier molecular flexibility index (Phi) is 8.60. The van der Waals surface area contributed by atoms with Crippen molar-refractivity contribution in [3.63, 3.8) is 0 Å². The first-order chi connectivity index (χ1) is 19.0. The van der Waals surface area contributed by atoms with E-state index in [2.05, 4.69) is 53.5 Å². The molecule has 0 unspecified atom stereocenters. The van der Waals surface area contributed by atoms with Crippen LogP contribution in [0.4, 0.5) is 11.4 Å². The third kappa shape index (κ3) is 7.49. The van der Waals surface area contributed by atoms with Gasteiger partial charge in [0.25, 0.3) is 0 Å². The van der Waals surface area contributed by atoms with E-state index in [1.165, 1.54) is 11.8 Å². The van der Waals surface area contributed by atoms with Crippen LogP contribution in [0, 0.1) is 0 Å². The molecule has 3 aromatic carbocycles. The number of carbonyl (C=O) groups excluding carboxylic acids is 2. The number of ketones is 1. The number of piperazine rings is 1. The van der Waals surface area contributed by atoms with E-state index in [9.17, 15) is 9.59 Å². The van der Waals surface area contributed by atoms with Crippen LogP contribution in [-0.4, -0.2) is 64.3 Å². The van der Waals surface area contributed by atoms with Crippen LogP contribution in [-0.2, 0) is 11.3 Å². The van der Waals surface area contributed by atoms with E-state index < -0.39 is 0 Å². The number of aromatic nitrogens is 3. The van der Waals surface area contributed by atoms with Crippen LogP contribution in [0.2, 0.25) is 0 Å². The van der Waals surface area contributed by atoms with E-state index in [-0.39, 0.29) is 11.7 Å². The molecule has 1 N–H and O–H groups in total. The molecule has 198 valence electrons. The van der Waals surface area contributed by atoms with Crippen LogP contribution in [0.3, 0.4) is 0 Å². The molecule has 39 heavy (non-hydrogen) atoms. The molecule has 0 saturated carbocycles. The molecular weight excluding hydrogens is 556 g/mol.